The van der Waals surface area contributed by atoms with Crippen molar-refractivity contribution in [3.63, 3.8) is 0 Å². The number of amides is 1. The van der Waals surface area contributed by atoms with Crippen LogP contribution in [-0.2, 0) is 10.2 Å². The lowest BCUT2D eigenvalue weighted by molar-refractivity contribution is -0.120. The molecule has 6 heteroatoms. The van der Waals surface area contributed by atoms with Gasteiger partial charge in [0.05, 0.1) is 17.9 Å². The molecule has 0 spiro atoms. The van der Waals surface area contributed by atoms with E-state index >= 15 is 0 Å². The summed E-state index contributed by atoms with van der Waals surface area (Å²) in [6.07, 6.45) is 0.980. The van der Waals surface area contributed by atoms with E-state index in [9.17, 15) is 9.90 Å². The summed E-state index contributed by atoms with van der Waals surface area (Å²) >= 11 is 0. The van der Waals surface area contributed by atoms with Crippen molar-refractivity contribution in [1.29, 1.82) is 0 Å². The fourth-order valence-electron chi connectivity index (χ4n) is 4.38. The Morgan fingerprint density at radius 2 is 2.07 bits per heavy atom. The molecule has 0 radical (unpaired) electrons. The Bertz CT molecular complexity index is 884. The summed E-state index contributed by atoms with van der Waals surface area (Å²) < 4.78 is 0. The van der Waals surface area contributed by atoms with Crippen molar-refractivity contribution >= 4 is 11.6 Å². The monoisotopic (exact) mass is 394 g/mol. The van der Waals surface area contributed by atoms with Gasteiger partial charge >= 0.3 is 0 Å². The summed E-state index contributed by atoms with van der Waals surface area (Å²) in [6.45, 7) is 10.1. The minimum atomic E-state index is -0.760. The topological polar surface area (TPSA) is 68.7 Å². The molecule has 3 heterocycles. The summed E-state index contributed by atoms with van der Waals surface area (Å²) in [5.41, 5.74) is 3.07. The molecule has 1 fully saturated rings. The Hall–Kier alpha value is -2.28. The predicted molar refractivity (Wildman–Crippen MR) is 114 cm³/mol. The van der Waals surface area contributed by atoms with E-state index in [1.54, 1.807) is 6.20 Å². The van der Waals surface area contributed by atoms with Gasteiger partial charge in [0, 0.05) is 49.4 Å². The van der Waals surface area contributed by atoms with Gasteiger partial charge in [-0.2, -0.15) is 0 Å². The number of fused-ring (bicyclic) bond motifs is 1. The number of piperazine rings is 1. The Morgan fingerprint density at radius 1 is 1.31 bits per heavy atom. The second-order valence-corrected chi connectivity index (χ2v) is 8.90. The summed E-state index contributed by atoms with van der Waals surface area (Å²) in [6, 6.07) is 11.9. The van der Waals surface area contributed by atoms with E-state index < -0.39 is 6.10 Å². The summed E-state index contributed by atoms with van der Waals surface area (Å²) in [4.78, 5) is 21.9. The molecule has 2 unspecified atom stereocenters. The fourth-order valence-corrected chi connectivity index (χ4v) is 4.38. The molecule has 2 aliphatic rings. The molecule has 1 aromatic heterocycles. The highest BCUT2D eigenvalue weighted by Gasteiger charge is 2.40. The van der Waals surface area contributed by atoms with Gasteiger partial charge in [-0.15, -0.1) is 0 Å². The van der Waals surface area contributed by atoms with Crippen LogP contribution in [0.3, 0.4) is 0 Å². The van der Waals surface area contributed by atoms with Gasteiger partial charge in [0.25, 0.3) is 0 Å². The second-order valence-electron chi connectivity index (χ2n) is 8.90. The van der Waals surface area contributed by atoms with Gasteiger partial charge in [0.1, 0.15) is 6.10 Å². The van der Waals surface area contributed by atoms with Gasteiger partial charge in [-0.05, 0) is 18.6 Å². The lowest BCUT2D eigenvalue weighted by Gasteiger charge is -2.32. The van der Waals surface area contributed by atoms with Crippen molar-refractivity contribution in [3.05, 3.63) is 59.4 Å². The van der Waals surface area contributed by atoms with Crippen molar-refractivity contribution in [2.75, 3.05) is 37.6 Å². The molecule has 154 valence electrons. The van der Waals surface area contributed by atoms with E-state index in [-0.39, 0.29) is 11.3 Å². The smallest absolute Gasteiger partial charge is 0.241 e. The third-order valence-electron chi connectivity index (χ3n) is 5.92. The normalized spacial score (nSPS) is 22.3. The van der Waals surface area contributed by atoms with Gasteiger partial charge in [0.2, 0.25) is 5.91 Å². The molecule has 1 aromatic carbocycles. The van der Waals surface area contributed by atoms with Gasteiger partial charge in [-0.1, -0.05) is 44.2 Å². The average Bonchev–Trinajstić information content (AvgIpc) is 2.99. The van der Waals surface area contributed by atoms with Crippen molar-refractivity contribution in [1.82, 2.24) is 15.2 Å². The molecule has 29 heavy (non-hydrogen) atoms. The minimum absolute atomic E-state index is 0.0964. The largest absolute Gasteiger partial charge is 0.384 e. The second kappa shape index (κ2) is 7.86. The maximum absolute atomic E-state index is 13.2. The first-order chi connectivity index (χ1) is 13.8. The Balaban J connectivity index is 1.59. The summed E-state index contributed by atoms with van der Waals surface area (Å²) in [5, 5.41) is 14.2. The molecule has 0 saturated carbocycles. The first-order valence-corrected chi connectivity index (χ1v) is 10.3. The van der Waals surface area contributed by atoms with Gasteiger partial charge < -0.3 is 15.3 Å². The minimum Gasteiger partial charge on any atom is -0.384 e. The van der Waals surface area contributed by atoms with Crippen LogP contribution in [-0.4, -0.2) is 59.7 Å². The van der Waals surface area contributed by atoms with Crippen molar-refractivity contribution in [2.24, 2.45) is 0 Å². The van der Waals surface area contributed by atoms with E-state index in [1.807, 2.05) is 41.3 Å². The number of hydrogen-bond acceptors (Lipinski definition) is 5. The number of rotatable bonds is 4. The lowest BCUT2D eigenvalue weighted by atomic mass is 9.90. The highest BCUT2D eigenvalue weighted by atomic mass is 16.3. The number of aliphatic hydroxyl groups is 1. The number of hydrogen-bond donors (Lipinski definition) is 2. The number of benzene rings is 1. The van der Waals surface area contributed by atoms with E-state index in [1.165, 1.54) is 0 Å². The molecule has 2 atom stereocenters. The zero-order valence-electron chi connectivity index (χ0n) is 17.4. The Morgan fingerprint density at radius 3 is 2.79 bits per heavy atom. The zero-order valence-corrected chi connectivity index (χ0v) is 17.4. The molecule has 1 saturated heterocycles. The van der Waals surface area contributed by atoms with Gasteiger partial charge in [-0.3, -0.25) is 14.7 Å². The van der Waals surface area contributed by atoms with Gasteiger partial charge in [0.15, 0.2) is 0 Å². The maximum atomic E-state index is 13.2. The predicted octanol–water partition coefficient (Wildman–Crippen LogP) is 2.08. The van der Waals surface area contributed by atoms with Crippen LogP contribution in [0.15, 0.2) is 42.6 Å². The van der Waals surface area contributed by atoms with Crippen LogP contribution in [0.2, 0.25) is 0 Å². The molecular weight excluding hydrogens is 364 g/mol. The summed E-state index contributed by atoms with van der Waals surface area (Å²) in [5.74, 6) is 0.0964. The van der Waals surface area contributed by atoms with Crippen LogP contribution in [0.25, 0.3) is 0 Å². The van der Waals surface area contributed by atoms with E-state index in [0.29, 0.717) is 24.7 Å². The number of aliphatic hydroxyl groups excluding tert-OH is 1. The standard InChI is InChI=1S/C23H30N4O2/c1-16-13-26(10-9-24-16)14-20(28)27-15-23(2,3)22-19(27)11-18(12-25-22)21(29)17-7-5-4-6-8-17/h4-8,11-12,16,21,24,29H,9-10,13-15H2,1-3H3. The summed E-state index contributed by atoms with van der Waals surface area (Å²) in [7, 11) is 0. The molecular formula is C23H30N4O2. The number of nitrogens with zero attached hydrogens (tertiary/aromatic N) is 3. The number of anilines is 1. The van der Waals surface area contributed by atoms with Crippen LogP contribution >= 0.6 is 0 Å². The number of carbonyl (C=O) groups is 1. The van der Waals surface area contributed by atoms with Crippen LogP contribution in [0.1, 0.15) is 43.7 Å². The Kier molecular flexibility index (Phi) is 5.42. The average molecular weight is 395 g/mol. The molecule has 2 aromatic rings. The molecule has 2 aliphatic heterocycles. The van der Waals surface area contributed by atoms with E-state index in [0.717, 1.165) is 36.6 Å². The van der Waals surface area contributed by atoms with Crippen molar-refractivity contribution < 1.29 is 9.90 Å². The molecule has 0 aliphatic carbocycles. The fraction of sp³-hybridized carbons (Fsp3) is 0.478. The highest BCUT2D eigenvalue weighted by molar-refractivity contribution is 5.97. The van der Waals surface area contributed by atoms with Crippen molar-refractivity contribution in [3.8, 4) is 0 Å². The molecule has 2 N–H and O–H groups in total. The third-order valence-corrected chi connectivity index (χ3v) is 5.92. The Labute approximate surface area is 172 Å². The SMILES string of the molecule is CC1CN(CC(=O)N2CC(C)(C)c3ncc(C(O)c4ccccc4)cc32)CCN1. The molecule has 4 rings (SSSR count). The molecule has 6 nitrogen and oxygen atoms in total. The van der Waals surface area contributed by atoms with E-state index in [2.05, 4.69) is 36.0 Å². The quantitative estimate of drug-likeness (QED) is 0.831. The van der Waals surface area contributed by atoms with Crippen LogP contribution < -0.4 is 10.2 Å². The number of carbonyl (C=O) groups excluding carboxylic acids is 1. The van der Waals surface area contributed by atoms with E-state index in [4.69, 9.17) is 0 Å². The van der Waals surface area contributed by atoms with Crippen LogP contribution in [0.4, 0.5) is 5.69 Å². The molecule has 0 bridgehead atoms. The van der Waals surface area contributed by atoms with Gasteiger partial charge in [-0.25, -0.2) is 0 Å². The number of nitrogens with one attached hydrogen (secondary N) is 1. The van der Waals surface area contributed by atoms with Crippen LogP contribution in [0, 0.1) is 0 Å². The first kappa shape index (κ1) is 20.0. The maximum Gasteiger partial charge on any atom is 0.241 e. The number of pyridine rings is 1. The first-order valence-electron chi connectivity index (χ1n) is 10.3. The lowest BCUT2D eigenvalue weighted by Crippen LogP contribution is -2.52. The molecule has 1 amide bonds. The zero-order chi connectivity index (χ0) is 20.6. The van der Waals surface area contributed by atoms with Crippen LogP contribution in [0.5, 0.6) is 0 Å². The highest BCUT2D eigenvalue weighted by Crippen LogP contribution is 2.40. The number of aromatic nitrogens is 1. The third kappa shape index (κ3) is 4.06. The van der Waals surface area contributed by atoms with Crippen molar-refractivity contribution in [2.45, 2.75) is 38.3 Å².